The van der Waals surface area contributed by atoms with Gasteiger partial charge in [0.1, 0.15) is 5.75 Å². The van der Waals surface area contributed by atoms with Crippen LogP contribution in [-0.2, 0) is 0 Å². The van der Waals surface area contributed by atoms with Gasteiger partial charge >= 0.3 is 0 Å². The van der Waals surface area contributed by atoms with Crippen molar-refractivity contribution < 1.29 is 9.84 Å². The van der Waals surface area contributed by atoms with E-state index in [4.69, 9.17) is 4.74 Å². The first-order valence-electron chi connectivity index (χ1n) is 6.50. The lowest BCUT2D eigenvalue weighted by Crippen LogP contribution is -2.50. The van der Waals surface area contributed by atoms with Crippen molar-refractivity contribution >= 4 is 0 Å². The number of aliphatic hydroxyl groups excluding tert-OH is 1. The van der Waals surface area contributed by atoms with Crippen LogP contribution in [0.2, 0.25) is 0 Å². The Hall–Kier alpha value is -1.02. The third kappa shape index (κ3) is 1.85. The fourth-order valence-electron chi connectivity index (χ4n) is 3.30. The van der Waals surface area contributed by atoms with Crippen molar-refractivity contribution in [1.29, 1.82) is 0 Å². The third-order valence-electron chi connectivity index (χ3n) is 4.63. The molecule has 2 atom stereocenters. The summed E-state index contributed by atoms with van der Waals surface area (Å²) in [5.74, 6) is 1.38. The van der Waals surface area contributed by atoms with Crippen LogP contribution in [0.4, 0.5) is 0 Å². The lowest BCUT2D eigenvalue weighted by atomic mass is 9.53. The molecule has 1 aromatic carbocycles. The molecule has 2 rings (SSSR count). The Morgan fingerprint density at radius 3 is 2.59 bits per heavy atom. The topological polar surface area (TPSA) is 29.5 Å². The molecule has 0 spiro atoms. The molecule has 0 radical (unpaired) electrons. The minimum Gasteiger partial charge on any atom is -0.497 e. The van der Waals surface area contributed by atoms with E-state index in [-0.39, 0.29) is 11.5 Å². The minimum absolute atomic E-state index is 0.0758. The number of hydrogen-bond acceptors (Lipinski definition) is 2. The van der Waals surface area contributed by atoms with Gasteiger partial charge in [0, 0.05) is 5.41 Å². The monoisotopic (exact) mass is 234 g/mol. The average Bonchev–Trinajstić information content (AvgIpc) is 2.37. The molecule has 17 heavy (non-hydrogen) atoms. The van der Waals surface area contributed by atoms with E-state index in [0.717, 1.165) is 25.0 Å². The van der Waals surface area contributed by atoms with Crippen molar-refractivity contribution in [2.24, 2.45) is 5.41 Å². The van der Waals surface area contributed by atoms with Gasteiger partial charge in [0.25, 0.3) is 0 Å². The Bertz CT molecular complexity index is 382. The second-order valence-electron chi connectivity index (χ2n) is 5.02. The van der Waals surface area contributed by atoms with E-state index in [1.165, 1.54) is 5.56 Å². The Morgan fingerprint density at radius 2 is 2.06 bits per heavy atom. The molecule has 2 unspecified atom stereocenters. The van der Waals surface area contributed by atoms with Crippen molar-refractivity contribution in [2.75, 3.05) is 7.11 Å². The highest BCUT2D eigenvalue weighted by atomic mass is 16.5. The van der Waals surface area contributed by atoms with Gasteiger partial charge in [-0.1, -0.05) is 26.0 Å². The lowest BCUT2D eigenvalue weighted by molar-refractivity contribution is -0.0932. The summed E-state index contributed by atoms with van der Waals surface area (Å²) in [5.41, 5.74) is 1.38. The second kappa shape index (κ2) is 4.69. The van der Waals surface area contributed by atoms with Crippen molar-refractivity contribution in [1.82, 2.24) is 0 Å². The Kier molecular flexibility index (Phi) is 3.43. The zero-order valence-electron chi connectivity index (χ0n) is 10.9. The van der Waals surface area contributed by atoms with E-state index in [1.54, 1.807) is 7.11 Å². The average molecular weight is 234 g/mol. The van der Waals surface area contributed by atoms with Crippen molar-refractivity contribution in [2.45, 2.75) is 45.1 Å². The lowest BCUT2D eigenvalue weighted by Gasteiger charge is -2.53. The summed E-state index contributed by atoms with van der Waals surface area (Å²) in [6.07, 6.45) is 2.81. The van der Waals surface area contributed by atoms with Gasteiger partial charge in [-0.05, 0) is 42.9 Å². The fraction of sp³-hybridized carbons (Fsp3) is 0.600. The van der Waals surface area contributed by atoms with Gasteiger partial charge in [-0.15, -0.1) is 0 Å². The van der Waals surface area contributed by atoms with E-state index >= 15 is 0 Å². The Balaban J connectivity index is 2.28. The normalized spacial score (nSPS) is 26.4. The van der Waals surface area contributed by atoms with E-state index in [9.17, 15) is 5.11 Å². The largest absolute Gasteiger partial charge is 0.497 e. The molecule has 1 fully saturated rings. The van der Waals surface area contributed by atoms with Gasteiger partial charge in [0.15, 0.2) is 0 Å². The van der Waals surface area contributed by atoms with Crippen molar-refractivity contribution in [3.63, 3.8) is 0 Å². The van der Waals surface area contributed by atoms with Crippen LogP contribution >= 0.6 is 0 Å². The molecule has 0 aliphatic heterocycles. The molecule has 2 nitrogen and oxygen atoms in total. The first kappa shape index (κ1) is 12.4. The summed E-state index contributed by atoms with van der Waals surface area (Å²) in [6.45, 7) is 4.36. The number of rotatable bonds is 4. The first-order chi connectivity index (χ1) is 8.17. The molecular formula is C15H22O2. The van der Waals surface area contributed by atoms with Crippen molar-refractivity contribution in [3.05, 3.63) is 29.8 Å². The summed E-state index contributed by atoms with van der Waals surface area (Å²) in [6, 6.07) is 8.27. The SMILES string of the molecule is CCC1(CC)C(O)CC1c1cccc(OC)c1. The smallest absolute Gasteiger partial charge is 0.119 e. The molecule has 0 heterocycles. The van der Waals surface area contributed by atoms with Gasteiger partial charge < -0.3 is 9.84 Å². The Morgan fingerprint density at radius 1 is 1.35 bits per heavy atom. The van der Waals surface area contributed by atoms with E-state index in [1.807, 2.05) is 12.1 Å². The highest BCUT2D eigenvalue weighted by Gasteiger charge is 2.52. The van der Waals surface area contributed by atoms with Gasteiger partial charge in [0.05, 0.1) is 13.2 Å². The van der Waals surface area contributed by atoms with Crippen LogP contribution < -0.4 is 4.74 Å². The Labute approximate surface area is 104 Å². The van der Waals surface area contributed by atoms with E-state index in [0.29, 0.717) is 5.92 Å². The van der Waals surface area contributed by atoms with Crippen LogP contribution in [0.15, 0.2) is 24.3 Å². The second-order valence-corrected chi connectivity index (χ2v) is 5.02. The number of hydrogen-bond donors (Lipinski definition) is 1. The van der Waals surface area contributed by atoms with Crippen LogP contribution in [0.3, 0.4) is 0 Å². The zero-order valence-corrected chi connectivity index (χ0v) is 10.9. The summed E-state index contributed by atoms with van der Waals surface area (Å²) in [7, 11) is 1.70. The number of aliphatic hydroxyl groups is 1. The fourth-order valence-corrected chi connectivity index (χ4v) is 3.30. The number of ether oxygens (including phenoxy) is 1. The maximum absolute atomic E-state index is 10.1. The van der Waals surface area contributed by atoms with Crippen LogP contribution in [0.5, 0.6) is 5.75 Å². The molecule has 0 bridgehead atoms. The first-order valence-corrected chi connectivity index (χ1v) is 6.50. The quantitative estimate of drug-likeness (QED) is 0.865. The molecule has 1 aromatic rings. The number of methoxy groups -OCH3 is 1. The molecule has 94 valence electrons. The predicted octanol–water partition coefficient (Wildman–Crippen LogP) is 3.35. The number of benzene rings is 1. The molecule has 1 N–H and O–H groups in total. The molecule has 1 saturated carbocycles. The minimum atomic E-state index is -0.145. The molecule has 0 aromatic heterocycles. The molecule has 0 saturated heterocycles. The van der Waals surface area contributed by atoms with Crippen LogP contribution in [0, 0.1) is 5.41 Å². The molecule has 0 amide bonds. The van der Waals surface area contributed by atoms with E-state index < -0.39 is 0 Å². The molecule has 1 aliphatic rings. The van der Waals surface area contributed by atoms with Gasteiger partial charge in [-0.2, -0.15) is 0 Å². The van der Waals surface area contributed by atoms with Crippen LogP contribution in [0.25, 0.3) is 0 Å². The molecule has 1 aliphatic carbocycles. The summed E-state index contributed by atoms with van der Waals surface area (Å²) < 4.78 is 5.27. The zero-order chi connectivity index (χ0) is 12.5. The maximum Gasteiger partial charge on any atom is 0.119 e. The summed E-state index contributed by atoms with van der Waals surface area (Å²) in [4.78, 5) is 0. The van der Waals surface area contributed by atoms with Crippen LogP contribution in [-0.4, -0.2) is 18.3 Å². The summed E-state index contributed by atoms with van der Waals surface area (Å²) in [5, 5.41) is 10.1. The highest BCUT2D eigenvalue weighted by Crippen LogP contribution is 2.57. The van der Waals surface area contributed by atoms with Crippen molar-refractivity contribution in [3.8, 4) is 5.75 Å². The maximum atomic E-state index is 10.1. The molecular weight excluding hydrogens is 212 g/mol. The predicted molar refractivity (Wildman–Crippen MR) is 69.4 cm³/mol. The van der Waals surface area contributed by atoms with Gasteiger partial charge in [-0.3, -0.25) is 0 Å². The van der Waals surface area contributed by atoms with E-state index in [2.05, 4.69) is 26.0 Å². The van der Waals surface area contributed by atoms with Gasteiger partial charge in [-0.25, -0.2) is 0 Å². The third-order valence-corrected chi connectivity index (χ3v) is 4.63. The van der Waals surface area contributed by atoms with Crippen LogP contribution in [0.1, 0.15) is 44.6 Å². The summed E-state index contributed by atoms with van der Waals surface area (Å²) >= 11 is 0. The molecule has 2 heteroatoms. The highest BCUT2D eigenvalue weighted by molar-refractivity contribution is 5.34. The van der Waals surface area contributed by atoms with Gasteiger partial charge in [0.2, 0.25) is 0 Å². The standard InChI is InChI=1S/C15H22O2/c1-4-15(5-2)13(10-14(15)16)11-7-6-8-12(9-11)17-3/h6-9,13-14,16H,4-5,10H2,1-3H3.